The van der Waals surface area contributed by atoms with Crippen LogP contribution >= 0.6 is 0 Å². The zero-order valence-electron chi connectivity index (χ0n) is 11.7. The summed E-state index contributed by atoms with van der Waals surface area (Å²) in [4.78, 5) is 12.0. The van der Waals surface area contributed by atoms with E-state index in [1.807, 2.05) is 13.8 Å². The lowest BCUT2D eigenvalue weighted by atomic mass is 10.1. The van der Waals surface area contributed by atoms with Gasteiger partial charge in [-0.05, 0) is 43.9 Å². The molecular weight excluding hydrogens is 224 g/mol. The van der Waals surface area contributed by atoms with Gasteiger partial charge in [-0.3, -0.25) is 4.79 Å². The molecule has 0 bridgehead atoms. The topological polar surface area (TPSA) is 26.3 Å². The van der Waals surface area contributed by atoms with Crippen LogP contribution < -0.4 is 0 Å². The minimum Gasteiger partial charge on any atom is -0.437 e. The van der Waals surface area contributed by atoms with E-state index >= 15 is 0 Å². The van der Waals surface area contributed by atoms with Crippen LogP contribution in [0.4, 0.5) is 0 Å². The lowest BCUT2D eigenvalue weighted by molar-refractivity contribution is -0.147. The number of rotatable bonds is 3. The number of hydrogen-bond acceptors (Lipinski definition) is 2. The fourth-order valence-electron chi connectivity index (χ4n) is 2.22. The number of esters is 1. The molecule has 0 saturated heterocycles. The largest absolute Gasteiger partial charge is 0.437 e. The van der Waals surface area contributed by atoms with E-state index < -0.39 is 6.10 Å². The standard InChI is InChI=1S/C16H20O2/c1-7-9-12(8-2)18-15(17)14-13(10-11(3)4)16(14,5)6/h2,10,12-14H,1,3-6H3. The van der Waals surface area contributed by atoms with Crippen molar-refractivity contribution in [3.05, 3.63) is 11.6 Å². The minimum absolute atomic E-state index is 0.0485. The predicted molar refractivity (Wildman–Crippen MR) is 72.4 cm³/mol. The highest BCUT2D eigenvalue weighted by molar-refractivity contribution is 5.79. The molecule has 1 saturated carbocycles. The fourth-order valence-corrected chi connectivity index (χ4v) is 2.22. The number of terminal acetylenes is 1. The third-order valence-corrected chi connectivity index (χ3v) is 3.34. The first-order valence-electron chi connectivity index (χ1n) is 6.08. The number of carbonyl (C=O) groups excluding carboxylic acids is 1. The summed E-state index contributed by atoms with van der Waals surface area (Å²) in [6.07, 6.45) is 6.67. The highest BCUT2D eigenvalue weighted by Gasteiger charge is 2.61. The molecule has 3 unspecified atom stereocenters. The van der Waals surface area contributed by atoms with Crippen LogP contribution in [0.2, 0.25) is 0 Å². The van der Waals surface area contributed by atoms with E-state index in [2.05, 4.69) is 37.7 Å². The van der Waals surface area contributed by atoms with E-state index in [9.17, 15) is 4.79 Å². The second-order valence-corrected chi connectivity index (χ2v) is 5.45. The van der Waals surface area contributed by atoms with Gasteiger partial charge < -0.3 is 4.74 Å². The van der Waals surface area contributed by atoms with Gasteiger partial charge in [-0.1, -0.05) is 25.5 Å². The lowest BCUT2D eigenvalue weighted by Crippen LogP contribution is -2.18. The fraction of sp³-hybridized carbons (Fsp3) is 0.562. The summed E-state index contributed by atoms with van der Waals surface area (Å²) in [7, 11) is 0. The van der Waals surface area contributed by atoms with Crippen molar-refractivity contribution in [1.82, 2.24) is 0 Å². The van der Waals surface area contributed by atoms with Gasteiger partial charge in [0.25, 0.3) is 0 Å². The van der Waals surface area contributed by atoms with Gasteiger partial charge >= 0.3 is 5.97 Å². The second-order valence-electron chi connectivity index (χ2n) is 5.45. The van der Waals surface area contributed by atoms with Crippen LogP contribution in [0.5, 0.6) is 0 Å². The summed E-state index contributed by atoms with van der Waals surface area (Å²) in [5.74, 6) is 7.60. The molecule has 0 radical (unpaired) electrons. The van der Waals surface area contributed by atoms with E-state index in [1.165, 1.54) is 5.57 Å². The van der Waals surface area contributed by atoms with Crippen molar-refractivity contribution < 1.29 is 9.53 Å². The number of ether oxygens (including phenoxy) is 1. The number of hydrogen-bond donors (Lipinski definition) is 0. The molecule has 0 amide bonds. The molecule has 0 aromatic carbocycles. The summed E-state index contributed by atoms with van der Waals surface area (Å²) in [6, 6.07) is 0. The first kappa shape index (κ1) is 14.4. The summed E-state index contributed by atoms with van der Waals surface area (Å²) in [5, 5.41) is 0. The highest BCUT2D eigenvalue weighted by Crippen LogP contribution is 2.59. The highest BCUT2D eigenvalue weighted by atomic mass is 16.5. The predicted octanol–water partition coefficient (Wildman–Crippen LogP) is 2.79. The third-order valence-electron chi connectivity index (χ3n) is 3.34. The monoisotopic (exact) mass is 244 g/mol. The Kier molecular flexibility index (Phi) is 4.25. The van der Waals surface area contributed by atoms with Crippen LogP contribution in [0.25, 0.3) is 0 Å². The molecule has 0 heterocycles. The SMILES string of the molecule is C#CC(C#CC)OC(=O)C1C(C=C(C)C)C1(C)C. The van der Waals surface area contributed by atoms with Gasteiger partial charge in [0, 0.05) is 0 Å². The van der Waals surface area contributed by atoms with Crippen molar-refractivity contribution in [2.75, 3.05) is 0 Å². The lowest BCUT2D eigenvalue weighted by Gasteiger charge is -2.07. The van der Waals surface area contributed by atoms with Crippen LogP contribution in [-0.4, -0.2) is 12.1 Å². The van der Waals surface area contributed by atoms with Crippen molar-refractivity contribution in [2.45, 2.75) is 40.7 Å². The van der Waals surface area contributed by atoms with E-state index in [0.717, 1.165) is 0 Å². The Labute approximate surface area is 110 Å². The van der Waals surface area contributed by atoms with Gasteiger partial charge in [0.15, 0.2) is 0 Å². The molecule has 2 nitrogen and oxygen atoms in total. The average molecular weight is 244 g/mol. The first-order chi connectivity index (χ1) is 8.34. The van der Waals surface area contributed by atoms with Crippen molar-refractivity contribution in [2.24, 2.45) is 17.3 Å². The average Bonchev–Trinajstić information content (AvgIpc) is 2.78. The molecule has 1 rings (SSSR count). The Balaban J connectivity index is 2.72. The molecule has 1 aliphatic carbocycles. The van der Waals surface area contributed by atoms with Gasteiger partial charge in [-0.25, -0.2) is 0 Å². The maximum Gasteiger partial charge on any atom is 0.312 e. The number of carbonyl (C=O) groups is 1. The molecule has 2 heteroatoms. The van der Waals surface area contributed by atoms with E-state index in [0.29, 0.717) is 0 Å². The Hall–Kier alpha value is -1.67. The Bertz CT molecular complexity index is 462. The smallest absolute Gasteiger partial charge is 0.312 e. The van der Waals surface area contributed by atoms with E-state index in [4.69, 9.17) is 11.2 Å². The van der Waals surface area contributed by atoms with Crippen LogP contribution in [0.3, 0.4) is 0 Å². The van der Waals surface area contributed by atoms with Gasteiger partial charge in [0.2, 0.25) is 6.10 Å². The molecule has 3 atom stereocenters. The molecule has 0 aromatic heterocycles. The van der Waals surface area contributed by atoms with Crippen molar-refractivity contribution in [1.29, 1.82) is 0 Å². The third kappa shape index (κ3) is 2.96. The summed E-state index contributed by atoms with van der Waals surface area (Å²) >= 11 is 0. The van der Waals surface area contributed by atoms with Gasteiger partial charge in [-0.2, -0.15) is 0 Å². The Morgan fingerprint density at radius 1 is 1.44 bits per heavy atom. The molecule has 0 aromatic rings. The minimum atomic E-state index is -0.730. The maximum atomic E-state index is 12.0. The van der Waals surface area contributed by atoms with Gasteiger partial charge in [0.1, 0.15) is 0 Å². The van der Waals surface area contributed by atoms with Crippen LogP contribution in [0.15, 0.2) is 11.6 Å². The van der Waals surface area contributed by atoms with Crippen LogP contribution in [0.1, 0.15) is 34.6 Å². The molecular formula is C16H20O2. The molecule has 1 fully saturated rings. The summed E-state index contributed by atoms with van der Waals surface area (Å²) in [6.45, 7) is 9.87. The zero-order valence-corrected chi connectivity index (χ0v) is 11.7. The molecule has 96 valence electrons. The van der Waals surface area contributed by atoms with Gasteiger partial charge in [-0.15, -0.1) is 12.3 Å². The Morgan fingerprint density at radius 2 is 2.06 bits per heavy atom. The number of allylic oxidation sites excluding steroid dienone is 2. The Morgan fingerprint density at radius 3 is 2.50 bits per heavy atom. The van der Waals surface area contributed by atoms with Crippen LogP contribution in [-0.2, 0) is 9.53 Å². The zero-order chi connectivity index (χ0) is 13.9. The van der Waals surface area contributed by atoms with Crippen molar-refractivity contribution in [3.8, 4) is 24.2 Å². The molecule has 0 aliphatic heterocycles. The molecule has 18 heavy (non-hydrogen) atoms. The molecule has 1 aliphatic rings. The van der Waals surface area contributed by atoms with Crippen LogP contribution in [0, 0.1) is 41.4 Å². The normalized spacial score (nSPS) is 24.9. The maximum absolute atomic E-state index is 12.0. The quantitative estimate of drug-likeness (QED) is 0.433. The first-order valence-corrected chi connectivity index (χ1v) is 6.08. The van der Waals surface area contributed by atoms with Crippen molar-refractivity contribution >= 4 is 5.97 Å². The van der Waals surface area contributed by atoms with E-state index in [-0.39, 0.29) is 23.2 Å². The van der Waals surface area contributed by atoms with E-state index in [1.54, 1.807) is 6.92 Å². The second kappa shape index (κ2) is 5.32. The summed E-state index contributed by atoms with van der Waals surface area (Å²) in [5.41, 5.74) is 1.16. The van der Waals surface area contributed by atoms with Gasteiger partial charge in [0.05, 0.1) is 5.92 Å². The van der Waals surface area contributed by atoms with Crippen molar-refractivity contribution in [3.63, 3.8) is 0 Å². The molecule has 0 N–H and O–H groups in total. The summed E-state index contributed by atoms with van der Waals surface area (Å²) < 4.78 is 5.23. The molecule has 0 spiro atoms.